The van der Waals surface area contributed by atoms with Gasteiger partial charge in [0.2, 0.25) is 0 Å². The molecule has 0 bridgehead atoms. The summed E-state index contributed by atoms with van der Waals surface area (Å²) in [6, 6.07) is 5.81. The number of aryl methyl sites for hydroxylation is 2. The molecule has 0 spiro atoms. The molecule has 1 atom stereocenters. The summed E-state index contributed by atoms with van der Waals surface area (Å²) in [5.74, 6) is 1.53. The van der Waals surface area contributed by atoms with Crippen LogP contribution in [0.25, 0.3) is 5.82 Å². The lowest BCUT2D eigenvalue weighted by Gasteiger charge is -2.43. The Morgan fingerprint density at radius 3 is 2.39 bits per heavy atom. The van der Waals surface area contributed by atoms with E-state index < -0.39 is 14.4 Å². The van der Waals surface area contributed by atoms with Crippen LogP contribution in [0.2, 0.25) is 18.1 Å². The number of methoxy groups -OCH3 is 1. The molecule has 1 fully saturated rings. The normalized spacial score (nSPS) is 17.4. The number of aromatic nitrogens is 2. The van der Waals surface area contributed by atoms with Gasteiger partial charge in [0.05, 0.1) is 31.6 Å². The molecule has 182 valence electrons. The number of rotatable bonds is 6. The van der Waals surface area contributed by atoms with Gasteiger partial charge in [-0.2, -0.15) is 0 Å². The molecule has 0 radical (unpaired) electrons. The number of carbonyl (C=O) groups is 1. The summed E-state index contributed by atoms with van der Waals surface area (Å²) in [7, 11) is -0.343. The zero-order chi connectivity index (χ0) is 24.6. The molecule has 1 saturated heterocycles. The lowest BCUT2D eigenvalue weighted by Crippen LogP contribution is -2.58. The van der Waals surface area contributed by atoms with Crippen LogP contribution in [0.5, 0.6) is 5.75 Å². The average molecular weight is 475 g/mol. The zero-order valence-corrected chi connectivity index (χ0v) is 22.2. The number of hydrogen-bond acceptors (Lipinski definition) is 5. The van der Waals surface area contributed by atoms with Crippen LogP contribution in [0.15, 0.2) is 24.4 Å². The lowest BCUT2D eigenvalue weighted by molar-refractivity contribution is 0.0932. The topological polar surface area (TPSA) is 80.1 Å². The summed E-state index contributed by atoms with van der Waals surface area (Å²) < 4.78 is 14.2. The van der Waals surface area contributed by atoms with Crippen molar-refractivity contribution in [2.45, 2.75) is 58.8 Å². The third-order valence-corrected chi connectivity index (χ3v) is 11.6. The highest BCUT2D eigenvalue weighted by atomic mass is 28.4. The molecule has 3 heterocycles. The molecule has 1 amide bonds. The average Bonchev–Trinajstić information content (AvgIpc) is 3.08. The number of piperazine rings is 1. The lowest BCUT2D eigenvalue weighted by atomic mass is 10.1. The van der Waals surface area contributed by atoms with E-state index in [1.165, 1.54) is 4.90 Å². The molecule has 0 saturated carbocycles. The van der Waals surface area contributed by atoms with Crippen LogP contribution in [0, 0.1) is 13.8 Å². The van der Waals surface area contributed by atoms with E-state index in [-0.39, 0.29) is 11.1 Å². The highest BCUT2D eigenvalue weighted by Gasteiger charge is 2.39. The van der Waals surface area contributed by atoms with Crippen molar-refractivity contribution in [1.82, 2.24) is 14.5 Å². The van der Waals surface area contributed by atoms with Crippen molar-refractivity contribution in [2.24, 2.45) is 0 Å². The van der Waals surface area contributed by atoms with Crippen molar-refractivity contribution in [3.63, 3.8) is 0 Å². The number of amides is 1. The molecule has 1 aliphatic rings. The molecule has 1 aliphatic heterocycles. The van der Waals surface area contributed by atoms with Crippen LogP contribution in [0.1, 0.15) is 32.2 Å². The van der Waals surface area contributed by atoms with Crippen LogP contribution in [0.4, 0.5) is 10.5 Å². The van der Waals surface area contributed by atoms with Gasteiger partial charge in [-0.3, -0.25) is 4.90 Å². The highest BCUT2D eigenvalue weighted by molar-refractivity contribution is 6.74. The predicted octanol–water partition coefficient (Wildman–Crippen LogP) is 4.69. The van der Waals surface area contributed by atoms with Gasteiger partial charge in [0.25, 0.3) is 0 Å². The van der Waals surface area contributed by atoms with Crippen LogP contribution in [0.3, 0.4) is 0 Å². The fraction of sp³-hybridized carbons (Fsp3) is 0.583. The largest absolute Gasteiger partial charge is 0.494 e. The summed E-state index contributed by atoms with van der Waals surface area (Å²) in [4.78, 5) is 20.3. The van der Waals surface area contributed by atoms with Gasteiger partial charge < -0.3 is 23.7 Å². The van der Waals surface area contributed by atoms with Crippen molar-refractivity contribution in [3.05, 3.63) is 35.8 Å². The minimum atomic E-state index is -2.00. The van der Waals surface area contributed by atoms with Crippen molar-refractivity contribution in [2.75, 3.05) is 38.3 Å². The maximum Gasteiger partial charge on any atom is 0.407 e. The van der Waals surface area contributed by atoms with Crippen molar-refractivity contribution in [1.29, 1.82) is 0 Å². The van der Waals surface area contributed by atoms with Gasteiger partial charge in [0.15, 0.2) is 8.32 Å². The van der Waals surface area contributed by atoms with Gasteiger partial charge in [-0.05, 0) is 44.1 Å². The van der Waals surface area contributed by atoms with E-state index in [9.17, 15) is 9.90 Å². The number of anilines is 1. The number of ether oxygens (including phenoxy) is 1. The Hall–Kier alpha value is -2.52. The second-order valence-corrected chi connectivity index (χ2v) is 15.1. The Balaban J connectivity index is 1.85. The number of nitrogens with zero attached hydrogens (tertiary/aromatic N) is 4. The summed E-state index contributed by atoms with van der Waals surface area (Å²) in [6.45, 7) is 16.9. The SMILES string of the molecule is COc1cc(-n2c(C)ccc2C)ncc1N1CCN(C(=O)O)[C@H](CO[Si](C)(C)C(C)(C)C)C1. The zero-order valence-electron chi connectivity index (χ0n) is 21.2. The van der Waals surface area contributed by atoms with E-state index in [0.29, 0.717) is 26.2 Å². The first-order chi connectivity index (χ1) is 15.4. The van der Waals surface area contributed by atoms with Gasteiger partial charge in [-0.15, -0.1) is 0 Å². The Kier molecular flexibility index (Phi) is 7.14. The number of hydrogen-bond donors (Lipinski definition) is 1. The van der Waals surface area contributed by atoms with Crippen LogP contribution in [-0.2, 0) is 4.43 Å². The van der Waals surface area contributed by atoms with Gasteiger partial charge in [0, 0.05) is 37.1 Å². The summed E-state index contributed by atoms with van der Waals surface area (Å²) in [5.41, 5.74) is 3.08. The smallest absolute Gasteiger partial charge is 0.407 e. The molecular formula is C24H38N4O4Si. The van der Waals surface area contributed by atoms with E-state index in [2.05, 4.69) is 55.5 Å². The van der Waals surface area contributed by atoms with Crippen molar-refractivity contribution in [3.8, 4) is 11.6 Å². The molecule has 2 aromatic rings. The van der Waals surface area contributed by atoms with Gasteiger partial charge >= 0.3 is 6.09 Å². The first kappa shape index (κ1) is 25.1. The van der Waals surface area contributed by atoms with Crippen LogP contribution >= 0.6 is 0 Å². The Labute approximate surface area is 198 Å². The van der Waals surface area contributed by atoms with Gasteiger partial charge in [-0.1, -0.05) is 20.8 Å². The second-order valence-electron chi connectivity index (χ2n) is 10.3. The first-order valence-electron chi connectivity index (χ1n) is 11.4. The first-order valence-corrected chi connectivity index (χ1v) is 14.3. The minimum absolute atomic E-state index is 0.0626. The van der Waals surface area contributed by atoms with Crippen molar-refractivity contribution < 1.29 is 19.1 Å². The summed E-state index contributed by atoms with van der Waals surface area (Å²) in [6.07, 6.45) is 0.923. The van der Waals surface area contributed by atoms with Gasteiger partial charge in [-0.25, -0.2) is 9.78 Å². The van der Waals surface area contributed by atoms with E-state index in [4.69, 9.17) is 14.1 Å². The van der Waals surface area contributed by atoms with E-state index in [1.54, 1.807) is 7.11 Å². The second kappa shape index (κ2) is 9.38. The molecule has 0 aliphatic carbocycles. The Bertz CT molecular complexity index is 979. The summed E-state index contributed by atoms with van der Waals surface area (Å²) in [5, 5.41) is 9.84. The molecule has 0 unspecified atom stereocenters. The molecule has 33 heavy (non-hydrogen) atoms. The monoisotopic (exact) mass is 474 g/mol. The van der Waals surface area contributed by atoms with E-state index in [0.717, 1.165) is 28.6 Å². The third-order valence-electron chi connectivity index (χ3n) is 7.06. The van der Waals surface area contributed by atoms with Crippen LogP contribution < -0.4 is 9.64 Å². The maximum absolute atomic E-state index is 11.9. The molecule has 9 heteroatoms. The fourth-order valence-corrected chi connectivity index (χ4v) is 5.00. The van der Waals surface area contributed by atoms with Crippen LogP contribution in [-0.4, -0.2) is 73.4 Å². The molecule has 8 nitrogen and oxygen atoms in total. The maximum atomic E-state index is 11.9. The standard InChI is InChI=1S/C24H38N4O4Si/c1-17-9-10-18(2)28(17)22-13-21(31-6)20(14-25-22)26-11-12-27(23(29)30)19(15-26)16-32-33(7,8)24(3,4)5/h9-10,13-14,19H,11-12,15-16H2,1-8H3,(H,29,30)/t19-/m0/s1. The highest BCUT2D eigenvalue weighted by Crippen LogP contribution is 2.37. The Morgan fingerprint density at radius 1 is 1.21 bits per heavy atom. The quantitative estimate of drug-likeness (QED) is 0.612. The number of pyridine rings is 1. The molecule has 0 aromatic carbocycles. The molecule has 1 N–H and O–H groups in total. The van der Waals surface area contributed by atoms with E-state index >= 15 is 0 Å². The predicted molar refractivity (Wildman–Crippen MR) is 133 cm³/mol. The third kappa shape index (κ3) is 5.19. The van der Waals surface area contributed by atoms with E-state index in [1.807, 2.05) is 26.1 Å². The fourth-order valence-electron chi connectivity index (χ4n) is 3.96. The van der Waals surface area contributed by atoms with Gasteiger partial charge in [0.1, 0.15) is 11.6 Å². The number of carboxylic acid groups (broad SMARTS) is 1. The summed E-state index contributed by atoms with van der Waals surface area (Å²) >= 11 is 0. The molecule has 2 aromatic heterocycles. The molecule has 3 rings (SSSR count). The Morgan fingerprint density at radius 2 is 1.85 bits per heavy atom. The minimum Gasteiger partial charge on any atom is -0.494 e. The molecular weight excluding hydrogens is 436 g/mol. The van der Waals surface area contributed by atoms with Crippen molar-refractivity contribution >= 4 is 20.1 Å².